The Balaban J connectivity index is 1.08. The van der Waals surface area contributed by atoms with E-state index in [1.165, 1.54) is 0 Å². The minimum Gasteiger partial charge on any atom is -0.397 e. The van der Waals surface area contributed by atoms with Crippen LogP contribution in [0.3, 0.4) is 0 Å². The number of nitrogens with one attached hydrogen (secondary N) is 2. The van der Waals surface area contributed by atoms with E-state index in [2.05, 4.69) is 15.6 Å². The molecule has 0 saturated carbocycles. The molecule has 0 aliphatic carbocycles. The number of nitrogens with zero attached hydrogens (tertiary/aromatic N) is 2. The van der Waals surface area contributed by atoms with Crippen LogP contribution < -0.4 is 16.4 Å². The summed E-state index contributed by atoms with van der Waals surface area (Å²) in [5, 5.41) is 16.2. The minimum absolute atomic E-state index is 0.00440. The van der Waals surface area contributed by atoms with Gasteiger partial charge in [0.05, 0.1) is 30.2 Å². The van der Waals surface area contributed by atoms with E-state index in [1.54, 1.807) is 30.1 Å². The van der Waals surface area contributed by atoms with Crippen molar-refractivity contribution >= 4 is 40.6 Å². The first kappa shape index (κ1) is 34.2. The van der Waals surface area contributed by atoms with Crippen molar-refractivity contribution in [2.45, 2.75) is 75.2 Å². The number of carbonyl (C=O) groups excluding carboxylic acids is 2. The molecule has 1 saturated heterocycles. The Kier molecular flexibility index (Phi) is 12.5. The third kappa shape index (κ3) is 10.2. The van der Waals surface area contributed by atoms with E-state index in [9.17, 15) is 14.7 Å². The monoisotopic (exact) mass is 657 g/mol. The number of rotatable bonds is 15. The fraction of sp³-hybridized carbons (Fsp3) is 0.361. The summed E-state index contributed by atoms with van der Waals surface area (Å²) in [6.07, 6.45) is 7.65. The SMILES string of the molecule is Cn1ccnc1SC[C@H]1C[C@@H](c2ccc(CO)cc2)O[C@@H](c2ccc(NC(=O)CCCCCCC(=O)Nc3ccccc3N)cc2)O1. The number of thioether (sulfide) groups is 1. The van der Waals surface area contributed by atoms with Crippen molar-refractivity contribution in [2.75, 3.05) is 22.1 Å². The van der Waals surface area contributed by atoms with Crippen LogP contribution in [-0.2, 0) is 32.7 Å². The molecule has 1 aromatic heterocycles. The molecule has 1 aliphatic heterocycles. The highest BCUT2D eigenvalue weighted by Crippen LogP contribution is 2.39. The summed E-state index contributed by atoms with van der Waals surface area (Å²) in [5.74, 6) is 0.622. The van der Waals surface area contributed by atoms with Gasteiger partial charge in [-0.25, -0.2) is 4.98 Å². The molecule has 5 N–H and O–H groups in total. The molecule has 0 unspecified atom stereocenters. The number of nitrogens with two attached hydrogens (primary N) is 1. The third-order valence-electron chi connectivity index (χ3n) is 8.05. The zero-order chi connectivity index (χ0) is 33.0. The molecule has 2 amide bonds. The van der Waals surface area contributed by atoms with Crippen LogP contribution in [0.2, 0.25) is 0 Å². The fourth-order valence-electron chi connectivity index (χ4n) is 5.38. The predicted octanol–water partition coefficient (Wildman–Crippen LogP) is 6.75. The van der Waals surface area contributed by atoms with Crippen molar-refractivity contribution in [2.24, 2.45) is 7.05 Å². The second-order valence-corrected chi connectivity index (χ2v) is 12.7. The lowest BCUT2D eigenvalue weighted by atomic mass is 10.0. The highest BCUT2D eigenvalue weighted by atomic mass is 32.2. The summed E-state index contributed by atoms with van der Waals surface area (Å²) < 4.78 is 14.9. The summed E-state index contributed by atoms with van der Waals surface area (Å²) in [5.41, 5.74) is 10.5. The quantitative estimate of drug-likeness (QED) is 0.0625. The standard InChI is InChI=1S/C36H43N5O5S/c1-41-21-20-38-36(41)47-24-29-22-32(26-14-12-25(23-42)13-15-26)46-35(45-29)27-16-18-28(19-17-27)39-33(43)10-4-2-3-5-11-34(44)40-31-9-7-6-8-30(31)37/h6-9,12-21,29,32,35,42H,2-5,10-11,22-24,37H2,1H3,(H,39,43)(H,40,44)/t29-,32+,35+/m1/s1. The number of ether oxygens (including phenoxy) is 2. The highest BCUT2D eigenvalue weighted by molar-refractivity contribution is 7.99. The topological polar surface area (TPSA) is 141 Å². The average Bonchev–Trinajstić information content (AvgIpc) is 3.51. The summed E-state index contributed by atoms with van der Waals surface area (Å²) >= 11 is 1.65. The second kappa shape index (κ2) is 17.1. The largest absolute Gasteiger partial charge is 0.397 e. The molecule has 3 atom stereocenters. The van der Waals surface area contributed by atoms with Gasteiger partial charge in [-0.3, -0.25) is 9.59 Å². The lowest BCUT2D eigenvalue weighted by molar-refractivity contribution is -0.245. The third-order valence-corrected chi connectivity index (χ3v) is 9.24. The Morgan fingerprint density at radius 2 is 1.60 bits per heavy atom. The molecule has 0 bridgehead atoms. The maximum atomic E-state index is 12.6. The molecule has 5 rings (SSSR count). The predicted molar refractivity (Wildman–Crippen MR) is 185 cm³/mol. The van der Waals surface area contributed by atoms with Gasteiger partial charge in [-0.1, -0.05) is 73.1 Å². The molecule has 10 nitrogen and oxygen atoms in total. The van der Waals surface area contributed by atoms with Crippen LogP contribution in [0, 0.1) is 0 Å². The van der Waals surface area contributed by atoms with E-state index in [0.717, 1.165) is 53.3 Å². The Hall–Kier alpha value is -4.16. The number of unbranched alkanes of at least 4 members (excludes halogenated alkanes) is 3. The Morgan fingerprint density at radius 1 is 0.915 bits per heavy atom. The number of carbonyl (C=O) groups is 2. The van der Waals surface area contributed by atoms with Crippen LogP contribution in [0.15, 0.2) is 90.3 Å². The summed E-state index contributed by atoms with van der Waals surface area (Å²) in [6, 6.07) is 22.6. The Bertz CT molecular complexity index is 1590. The van der Waals surface area contributed by atoms with Crippen molar-refractivity contribution in [1.29, 1.82) is 0 Å². The molecule has 1 fully saturated rings. The Morgan fingerprint density at radius 3 is 2.26 bits per heavy atom. The highest BCUT2D eigenvalue weighted by Gasteiger charge is 2.32. The molecular weight excluding hydrogens is 614 g/mol. The van der Waals surface area contributed by atoms with Crippen LogP contribution >= 0.6 is 11.8 Å². The number of hydrogen-bond acceptors (Lipinski definition) is 8. The smallest absolute Gasteiger partial charge is 0.224 e. The van der Waals surface area contributed by atoms with Gasteiger partial charge in [-0.05, 0) is 48.2 Å². The zero-order valence-electron chi connectivity index (χ0n) is 26.6. The number of hydrogen-bond donors (Lipinski definition) is 4. The van der Waals surface area contributed by atoms with Crippen molar-refractivity contribution < 1.29 is 24.2 Å². The molecule has 0 spiro atoms. The number of nitrogen functional groups attached to an aromatic ring is 1. The summed E-state index contributed by atoms with van der Waals surface area (Å²) in [6.45, 7) is -0.00440. The number of aromatic nitrogens is 2. The maximum absolute atomic E-state index is 12.6. The molecule has 248 valence electrons. The van der Waals surface area contributed by atoms with Gasteiger partial charge in [0.25, 0.3) is 0 Å². The van der Waals surface area contributed by atoms with Gasteiger partial charge in [-0.15, -0.1) is 0 Å². The van der Waals surface area contributed by atoms with E-state index >= 15 is 0 Å². The molecule has 3 aromatic carbocycles. The number of aliphatic hydroxyl groups is 1. The molecule has 11 heteroatoms. The number of aryl methyl sites for hydroxylation is 1. The summed E-state index contributed by atoms with van der Waals surface area (Å²) in [4.78, 5) is 29.2. The van der Waals surface area contributed by atoms with E-state index < -0.39 is 6.29 Å². The van der Waals surface area contributed by atoms with Crippen molar-refractivity contribution in [3.05, 3.63) is 102 Å². The van der Waals surface area contributed by atoms with Gasteiger partial charge in [0.1, 0.15) is 0 Å². The average molecular weight is 658 g/mol. The number of aliphatic hydroxyl groups excluding tert-OH is 1. The number of anilines is 3. The van der Waals surface area contributed by atoms with Crippen LogP contribution in [0.5, 0.6) is 0 Å². The van der Waals surface area contributed by atoms with Gasteiger partial charge < -0.3 is 35.5 Å². The lowest BCUT2D eigenvalue weighted by Gasteiger charge is -2.36. The van der Waals surface area contributed by atoms with E-state index in [-0.39, 0.29) is 30.6 Å². The van der Waals surface area contributed by atoms with Crippen molar-refractivity contribution in [3.63, 3.8) is 0 Å². The van der Waals surface area contributed by atoms with E-state index in [0.29, 0.717) is 36.3 Å². The number of para-hydroxylation sites is 2. The molecule has 1 aliphatic rings. The first-order valence-electron chi connectivity index (χ1n) is 16.0. The van der Waals surface area contributed by atoms with Gasteiger partial charge in [0, 0.05) is 55.7 Å². The van der Waals surface area contributed by atoms with Gasteiger partial charge in [0.15, 0.2) is 11.4 Å². The van der Waals surface area contributed by atoms with Crippen molar-refractivity contribution in [3.8, 4) is 0 Å². The van der Waals surface area contributed by atoms with Crippen LogP contribution in [0.25, 0.3) is 0 Å². The number of benzene rings is 3. The van der Waals surface area contributed by atoms with Gasteiger partial charge in [-0.2, -0.15) is 0 Å². The van der Waals surface area contributed by atoms with Crippen LogP contribution in [-0.4, -0.2) is 38.3 Å². The first-order valence-corrected chi connectivity index (χ1v) is 17.0. The summed E-state index contributed by atoms with van der Waals surface area (Å²) in [7, 11) is 1.97. The fourth-order valence-corrected chi connectivity index (χ4v) is 6.33. The van der Waals surface area contributed by atoms with Crippen LogP contribution in [0.4, 0.5) is 17.1 Å². The Labute approximate surface area is 280 Å². The molecule has 0 radical (unpaired) electrons. The number of amides is 2. The first-order chi connectivity index (χ1) is 22.9. The molecular formula is C36H43N5O5S. The second-order valence-electron chi connectivity index (χ2n) is 11.7. The van der Waals surface area contributed by atoms with Crippen LogP contribution in [0.1, 0.15) is 74.0 Å². The molecule has 2 heterocycles. The minimum atomic E-state index is -0.574. The van der Waals surface area contributed by atoms with Gasteiger partial charge in [0.2, 0.25) is 11.8 Å². The number of imidazole rings is 1. The van der Waals surface area contributed by atoms with E-state index in [4.69, 9.17) is 15.2 Å². The lowest BCUT2D eigenvalue weighted by Crippen LogP contribution is -2.31. The maximum Gasteiger partial charge on any atom is 0.224 e. The normalized spacial score (nSPS) is 17.7. The van der Waals surface area contributed by atoms with Gasteiger partial charge >= 0.3 is 0 Å². The molecule has 47 heavy (non-hydrogen) atoms. The zero-order valence-corrected chi connectivity index (χ0v) is 27.5. The van der Waals surface area contributed by atoms with Crippen molar-refractivity contribution in [1.82, 2.24) is 9.55 Å². The van der Waals surface area contributed by atoms with E-state index in [1.807, 2.05) is 78.5 Å². The molecule has 4 aromatic rings.